The van der Waals surface area contributed by atoms with E-state index in [2.05, 4.69) is 28.9 Å². The van der Waals surface area contributed by atoms with Crippen LogP contribution in [0.15, 0.2) is 47.5 Å². The quantitative estimate of drug-likeness (QED) is 0.137. The first-order chi connectivity index (χ1) is 20.3. The lowest BCUT2D eigenvalue weighted by molar-refractivity contribution is -0.122. The third-order valence-corrected chi connectivity index (χ3v) is 10.1. The van der Waals surface area contributed by atoms with E-state index in [1.165, 1.54) is 0 Å². The van der Waals surface area contributed by atoms with E-state index < -0.39 is 16.1 Å². The van der Waals surface area contributed by atoms with Crippen LogP contribution in [0.4, 0.5) is 0 Å². The van der Waals surface area contributed by atoms with E-state index in [9.17, 15) is 13.2 Å². The first-order valence-corrected chi connectivity index (χ1v) is 16.9. The zero-order valence-electron chi connectivity index (χ0n) is 26.7. The number of aromatic amines is 1. The molecule has 3 aromatic rings. The fraction of sp³-hybridized carbons (Fsp3) is 0.515. The van der Waals surface area contributed by atoms with Gasteiger partial charge in [-0.1, -0.05) is 71.9 Å². The highest BCUT2D eigenvalue weighted by Crippen LogP contribution is 2.35. The van der Waals surface area contributed by atoms with Gasteiger partial charge in [0.05, 0.1) is 4.90 Å². The Morgan fingerprint density at radius 3 is 2.30 bits per heavy atom. The fourth-order valence-corrected chi connectivity index (χ4v) is 7.87. The molecule has 1 aliphatic heterocycles. The lowest BCUT2D eigenvalue weighted by Crippen LogP contribution is -2.51. The molecule has 0 spiro atoms. The SMILES string of the molecule is CC(C)c1cc(C(C)C)c(S(=O)(=O)NC(Cc2c[nH]c3ccccc23)C(=O)NCC2CCCN(C(=N)N)C2)c(C(C)C)c1.Cl. The minimum absolute atomic E-state index is 0. The number of para-hydroxylation sites is 1. The van der Waals surface area contributed by atoms with E-state index >= 15 is 0 Å². The number of carbonyl (C=O) groups excluding carboxylic acids is 1. The second kappa shape index (κ2) is 14.8. The van der Waals surface area contributed by atoms with Crippen molar-refractivity contribution in [1.82, 2.24) is 19.9 Å². The number of fused-ring (bicyclic) bond motifs is 1. The van der Waals surface area contributed by atoms with Crippen LogP contribution in [0.1, 0.15) is 94.4 Å². The molecule has 1 saturated heterocycles. The Morgan fingerprint density at radius 2 is 1.70 bits per heavy atom. The van der Waals surface area contributed by atoms with Gasteiger partial charge in [0.25, 0.3) is 0 Å². The lowest BCUT2D eigenvalue weighted by Gasteiger charge is -2.33. The average Bonchev–Trinajstić information content (AvgIpc) is 3.37. The van der Waals surface area contributed by atoms with Crippen molar-refractivity contribution in [2.45, 2.75) is 89.5 Å². The number of amides is 1. The molecule has 1 aromatic heterocycles. The van der Waals surface area contributed by atoms with E-state index in [4.69, 9.17) is 11.1 Å². The van der Waals surface area contributed by atoms with Gasteiger partial charge in [-0.15, -0.1) is 12.4 Å². The Hall–Kier alpha value is -3.08. The van der Waals surface area contributed by atoms with Gasteiger partial charge in [0.15, 0.2) is 5.96 Å². The predicted octanol–water partition coefficient (Wildman–Crippen LogP) is 5.57. The van der Waals surface area contributed by atoms with Crippen LogP contribution in [0.3, 0.4) is 0 Å². The van der Waals surface area contributed by atoms with Gasteiger partial charge in [-0.3, -0.25) is 10.2 Å². The molecule has 2 unspecified atom stereocenters. The number of aromatic nitrogens is 1. The first kappa shape index (κ1) is 35.4. The number of nitrogens with one attached hydrogen (secondary N) is 4. The molecule has 1 aliphatic rings. The molecule has 2 heterocycles. The molecule has 0 radical (unpaired) electrons. The molecule has 1 amide bonds. The molecule has 6 N–H and O–H groups in total. The normalized spacial score (nSPS) is 16.4. The van der Waals surface area contributed by atoms with Crippen molar-refractivity contribution in [1.29, 1.82) is 5.41 Å². The second-order valence-electron chi connectivity index (χ2n) is 12.8. The monoisotopic (exact) mass is 644 g/mol. The third-order valence-electron chi connectivity index (χ3n) is 8.49. The molecule has 0 aliphatic carbocycles. The maximum atomic E-state index is 14.4. The number of hydrogen-bond donors (Lipinski definition) is 5. The van der Waals surface area contributed by atoms with Crippen LogP contribution in [0.5, 0.6) is 0 Å². The van der Waals surface area contributed by atoms with Crippen LogP contribution in [0, 0.1) is 11.3 Å². The van der Waals surface area contributed by atoms with Crippen LogP contribution in [0.2, 0.25) is 0 Å². The summed E-state index contributed by atoms with van der Waals surface area (Å²) in [6.07, 6.45) is 3.83. The Morgan fingerprint density at radius 1 is 1.07 bits per heavy atom. The number of guanidine groups is 1. The molecule has 11 heteroatoms. The largest absolute Gasteiger partial charge is 0.370 e. The van der Waals surface area contributed by atoms with Crippen LogP contribution < -0.4 is 15.8 Å². The molecular weight excluding hydrogens is 596 g/mol. The second-order valence-corrected chi connectivity index (χ2v) is 14.5. The van der Waals surface area contributed by atoms with Crippen LogP contribution in [-0.4, -0.2) is 55.8 Å². The van der Waals surface area contributed by atoms with Crippen molar-refractivity contribution in [3.63, 3.8) is 0 Å². The summed E-state index contributed by atoms with van der Waals surface area (Å²) >= 11 is 0. The van der Waals surface area contributed by atoms with Gasteiger partial charge in [0.2, 0.25) is 15.9 Å². The smallest absolute Gasteiger partial charge is 0.241 e. The van der Waals surface area contributed by atoms with Crippen LogP contribution in [-0.2, 0) is 21.2 Å². The van der Waals surface area contributed by atoms with Gasteiger partial charge in [0.1, 0.15) is 6.04 Å². The Kier molecular flexibility index (Phi) is 11.9. The van der Waals surface area contributed by atoms with Gasteiger partial charge in [-0.05, 0) is 71.3 Å². The number of nitrogens with two attached hydrogens (primary N) is 1. The summed E-state index contributed by atoms with van der Waals surface area (Å²) in [5.74, 6) is -0.0241. The molecule has 242 valence electrons. The molecule has 0 saturated carbocycles. The molecular formula is C33H49ClN6O3S. The van der Waals surface area contributed by atoms with Gasteiger partial charge in [-0.25, -0.2) is 8.42 Å². The minimum atomic E-state index is -4.09. The molecule has 9 nitrogen and oxygen atoms in total. The highest BCUT2D eigenvalue weighted by molar-refractivity contribution is 7.89. The predicted molar refractivity (Wildman–Crippen MR) is 181 cm³/mol. The molecule has 44 heavy (non-hydrogen) atoms. The maximum Gasteiger partial charge on any atom is 0.241 e. The molecule has 1 fully saturated rings. The van der Waals surface area contributed by atoms with Crippen molar-refractivity contribution >= 4 is 45.2 Å². The Bertz CT molecular complexity index is 1540. The highest BCUT2D eigenvalue weighted by Gasteiger charge is 2.32. The lowest BCUT2D eigenvalue weighted by atomic mass is 9.89. The van der Waals surface area contributed by atoms with Crippen molar-refractivity contribution in [3.05, 3.63) is 64.8 Å². The third kappa shape index (κ3) is 8.14. The summed E-state index contributed by atoms with van der Waals surface area (Å²) < 4.78 is 31.6. The van der Waals surface area contributed by atoms with Crippen molar-refractivity contribution < 1.29 is 13.2 Å². The van der Waals surface area contributed by atoms with Crippen LogP contribution in [0.25, 0.3) is 10.9 Å². The van der Waals surface area contributed by atoms with Crippen molar-refractivity contribution in [3.8, 4) is 0 Å². The number of nitrogens with zero attached hydrogens (tertiary/aromatic N) is 1. The van der Waals surface area contributed by atoms with Crippen molar-refractivity contribution in [2.75, 3.05) is 19.6 Å². The van der Waals surface area contributed by atoms with Gasteiger partial charge < -0.3 is 20.9 Å². The molecule has 2 aromatic carbocycles. The molecule has 0 bridgehead atoms. The van der Waals surface area contributed by atoms with E-state index in [0.717, 1.165) is 52.5 Å². The first-order valence-electron chi connectivity index (χ1n) is 15.4. The molecule has 2 atom stereocenters. The summed E-state index contributed by atoms with van der Waals surface area (Å²) in [4.78, 5) is 19.2. The van der Waals surface area contributed by atoms with Gasteiger partial charge in [0, 0.05) is 36.7 Å². The fourth-order valence-electron chi connectivity index (χ4n) is 5.97. The number of piperidine rings is 1. The van der Waals surface area contributed by atoms with E-state index in [-0.39, 0.29) is 59.3 Å². The number of carbonyl (C=O) groups is 1. The summed E-state index contributed by atoms with van der Waals surface area (Å²) in [7, 11) is -4.09. The number of sulfonamides is 1. The summed E-state index contributed by atoms with van der Waals surface area (Å²) in [6, 6.07) is 10.8. The van der Waals surface area contributed by atoms with Crippen LogP contribution >= 0.6 is 12.4 Å². The summed E-state index contributed by atoms with van der Waals surface area (Å²) in [5.41, 5.74) is 10.1. The summed E-state index contributed by atoms with van der Waals surface area (Å²) in [6.45, 7) is 14.0. The Labute approximate surface area is 268 Å². The molecule has 4 rings (SSSR count). The standard InChI is InChI=1S/C33H48N6O3S.ClH/c1-20(2)24-14-27(21(3)4)31(28(15-24)22(5)6)43(41,42)38-30(16-25-18-36-29-12-8-7-11-26(25)29)32(40)37-17-23-10-9-13-39(19-23)33(34)35;/h7-8,11-12,14-15,18,20-23,30,36,38H,9-10,13,16-17,19H2,1-6H3,(H3,34,35)(H,37,40);1H. The number of rotatable bonds is 11. The zero-order chi connectivity index (χ0) is 31.5. The van der Waals surface area contributed by atoms with E-state index in [0.29, 0.717) is 13.1 Å². The van der Waals surface area contributed by atoms with Gasteiger partial charge >= 0.3 is 0 Å². The number of hydrogen-bond acceptors (Lipinski definition) is 4. The number of H-pyrrole nitrogens is 1. The minimum Gasteiger partial charge on any atom is -0.370 e. The number of likely N-dealkylation sites (tertiary alicyclic amines) is 1. The zero-order valence-corrected chi connectivity index (χ0v) is 28.4. The number of halogens is 1. The van der Waals surface area contributed by atoms with E-state index in [1.54, 1.807) is 0 Å². The van der Waals surface area contributed by atoms with Crippen molar-refractivity contribution in [2.24, 2.45) is 11.7 Å². The maximum absolute atomic E-state index is 14.4. The van der Waals surface area contributed by atoms with E-state index in [1.807, 2.05) is 75.2 Å². The Balaban J connectivity index is 0.00000529. The highest BCUT2D eigenvalue weighted by atomic mass is 35.5. The average molecular weight is 645 g/mol. The summed E-state index contributed by atoms with van der Waals surface area (Å²) in [5, 5.41) is 11.8. The van der Waals surface area contributed by atoms with Gasteiger partial charge in [-0.2, -0.15) is 4.72 Å². The number of benzene rings is 2. The topological polar surface area (TPSA) is 144 Å².